The molecule has 3 aromatic rings. The summed E-state index contributed by atoms with van der Waals surface area (Å²) in [6.07, 6.45) is 0. The molecule has 0 atom stereocenters. The molecule has 0 saturated carbocycles. The van der Waals surface area contributed by atoms with E-state index in [2.05, 4.69) is 27.1 Å². The molecule has 8 heteroatoms. The Balaban J connectivity index is 1.40. The van der Waals surface area contributed by atoms with Crippen LogP contribution in [0.3, 0.4) is 0 Å². The Hall–Kier alpha value is -3.23. The number of amides is 1. The lowest BCUT2D eigenvalue weighted by atomic mass is 10.2. The number of rotatable bonds is 4. The van der Waals surface area contributed by atoms with E-state index in [-0.39, 0.29) is 5.91 Å². The number of piperazine rings is 1. The lowest BCUT2D eigenvalue weighted by molar-refractivity contribution is 0.102. The zero-order valence-electron chi connectivity index (χ0n) is 18.3. The Morgan fingerprint density at radius 2 is 1.50 bits per heavy atom. The molecule has 0 unspecified atom stereocenters. The first-order valence-corrected chi connectivity index (χ1v) is 11.1. The van der Waals surface area contributed by atoms with Gasteiger partial charge in [-0.15, -0.1) is 0 Å². The van der Waals surface area contributed by atoms with Crippen LogP contribution in [-0.4, -0.2) is 80.3 Å². The van der Waals surface area contributed by atoms with Crippen LogP contribution in [0.5, 0.6) is 0 Å². The third-order valence-corrected chi connectivity index (χ3v) is 6.07. The van der Waals surface area contributed by atoms with Gasteiger partial charge in [-0.1, -0.05) is 12.1 Å². The van der Waals surface area contributed by atoms with E-state index in [1.54, 1.807) is 0 Å². The number of carbonyl (C=O) groups is 1. The average Bonchev–Trinajstić information content (AvgIpc) is 2.85. The molecule has 1 amide bonds. The highest BCUT2D eigenvalue weighted by molar-refractivity contribution is 6.07. The molecule has 0 spiro atoms. The van der Waals surface area contributed by atoms with Crippen LogP contribution in [0.1, 0.15) is 10.5 Å². The number of para-hydroxylation sites is 2. The van der Waals surface area contributed by atoms with E-state index in [4.69, 9.17) is 14.7 Å². The molecule has 2 saturated heterocycles. The van der Waals surface area contributed by atoms with E-state index < -0.39 is 0 Å². The van der Waals surface area contributed by atoms with Crippen molar-refractivity contribution in [2.75, 3.05) is 74.6 Å². The second-order valence-electron chi connectivity index (χ2n) is 8.28. The van der Waals surface area contributed by atoms with Crippen molar-refractivity contribution in [1.82, 2.24) is 14.9 Å². The van der Waals surface area contributed by atoms with Crippen LogP contribution in [0.2, 0.25) is 0 Å². The highest BCUT2D eigenvalue weighted by atomic mass is 16.5. The summed E-state index contributed by atoms with van der Waals surface area (Å²) in [5.74, 6) is 0.413. The molecule has 0 bridgehead atoms. The Kier molecular flexibility index (Phi) is 5.87. The Morgan fingerprint density at radius 3 is 2.19 bits per heavy atom. The molecule has 32 heavy (non-hydrogen) atoms. The fourth-order valence-corrected chi connectivity index (χ4v) is 4.15. The monoisotopic (exact) mass is 432 g/mol. The number of carbonyl (C=O) groups excluding carboxylic acids is 1. The fraction of sp³-hybridized carbons (Fsp3) is 0.375. The molecule has 3 heterocycles. The van der Waals surface area contributed by atoms with Crippen LogP contribution < -0.4 is 15.1 Å². The van der Waals surface area contributed by atoms with Gasteiger partial charge < -0.3 is 24.8 Å². The van der Waals surface area contributed by atoms with Crippen LogP contribution in [0.4, 0.5) is 17.2 Å². The first-order valence-electron chi connectivity index (χ1n) is 11.1. The number of likely N-dealkylation sites (N-methyl/N-ethyl adjacent to an activating group) is 1. The highest BCUT2D eigenvalue weighted by Gasteiger charge is 2.24. The largest absolute Gasteiger partial charge is 0.378 e. The minimum atomic E-state index is -0.240. The zero-order chi connectivity index (χ0) is 21.9. The molecule has 166 valence electrons. The quantitative estimate of drug-likeness (QED) is 0.679. The van der Waals surface area contributed by atoms with Crippen molar-refractivity contribution in [3.63, 3.8) is 0 Å². The molecule has 2 aromatic carbocycles. The number of benzene rings is 2. The topological polar surface area (TPSA) is 73.8 Å². The lowest BCUT2D eigenvalue weighted by Crippen LogP contribution is -2.45. The molecule has 8 nitrogen and oxygen atoms in total. The van der Waals surface area contributed by atoms with E-state index in [1.165, 1.54) is 0 Å². The number of anilines is 3. The summed E-state index contributed by atoms with van der Waals surface area (Å²) in [4.78, 5) is 29.6. The standard InChI is InChI=1S/C24H28N6O2/c1-28-10-12-30(13-11-28)23-22(26-20-4-2-3-5-21(20)27-23)24(31)25-18-6-8-19(9-7-18)29-14-16-32-17-15-29/h2-9H,10-17H2,1H3,(H,25,31). The van der Waals surface area contributed by atoms with Crippen molar-refractivity contribution >= 4 is 34.1 Å². The number of aromatic nitrogens is 2. The van der Waals surface area contributed by atoms with Gasteiger partial charge in [0, 0.05) is 50.6 Å². The van der Waals surface area contributed by atoms with Gasteiger partial charge in [0.1, 0.15) is 0 Å². The Labute approximate surface area is 187 Å². The number of hydrogen-bond donors (Lipinski definition) is 1. The summed E-state index contributed by atoms with van der Waals surface area (Å²) in [5, 5.41) is 3.02. The first kappa shape index (κ1) is 20.7. The minimum Gasteiger partial charge on any atom is -0.378 e. The van der Waals surface area contributed by atoms with Gasteiger partial charge >= 0.3 is 0 Å². The highest BCUT2D eigenvalue weighted by Crippen LogP contribution is 2.24. The third-order valence-electron chi connectivity index (χ3n) is 6.07. The van der Waals surface area contributed by atoms with Gasteiger partial charge in [-0.25, -0.2) is 9.97 Å². The average molecular weight is 433 g/mol. The van der Waals surface area contributed by atoms with Gasteiger partial charge in [-0.2, -0.15) is 0 Å². The second-order valence-corrected chi connectivity index (χ2v) is 8.28. The molecule has 2 aliphatic heterocycles. The molecule has 2 aliphatic rings. The molecule has 1 N–H and O–H groups in total. The molecular weight excluding hydrogens is 404 g/mol. The van der Waals surface area contributed by atoms with Crippen LogP contribution in [0.15, 0.2) is 48.5 Å². The van der Waals surface area contributed by atoms with Gasteiger partial charge in [-0.3, -0.25) is 4.79 Å². The van der Waals surface area contributed by atoms with Crippen LogP contribution in [0, 0.1) is 0 Å². The van der Waals surface area contributed by atoms with Crippen molar-refractivity contribution in [3.8, 4) is 0 Å². The van der Waals surface area contributed by atoms with Gasteiger partial charge in [0.15, 0.2) is 11.5 Å². The number of hydrogen-bond acceptors (Lipinski definition) is 7. The predicted molar refractivity (Wildman–Crippen MR) is 127 cm³/mol. The van der Waals surface area contributed by atoms with Crippen molar-refractivity contribution in [2.45, 2.75) is 0 Å². The molecule has 0 aliphatic carbocycles. The van der Waals surface area contributed by atoms with Crippen molar-refractivity contribution in [1.29, 1.82) is 0 Å². The SMILES string of the molecule is CN1CCN(c2nc3ccccc3nc2C(=O)Nc2ccc(N3CCOCC3)cc2)CC1. The van der Waals surface area contributed by atoms with Crippen LogP contribution in [-0.2, 0) is 4.74 Å². The Bertz CT molecular complexity index is 1090. The van der Waals surface area contributed by atoms with E-state index in [0.717, 1.165) is 74.9 Å². The summed E-state index contributed by atoms with van der Waals surface area (Å²) in [6, 6.07) is 15.6. The van der Waals surface area contributed by atoms with Gasteiger partial charge in [0.25, 0.3) is 5.91 Å². The fourth-order valence-electron chi connectivity index (χ4n) is 4.15. The molecule has 2 fully saturated rings. The van der Waals surface area contributed by atoms with Gasteiger partial charge in [-0.05, 0) is 43.4 Å². The first-order chi connectivity index (χ1) is 15.7. The molecular formula is C24H28N6O2. The van der Waals surface area contributed by atoms with Crippen LogP contribution in [0.25, 0.3) is 11.0 Å². The lowest BCUT2D eigenvalue weighted by Gasteiger charge is -2.33. The van der Waals surface area contributed by atoms with E-state index in [1.807, 2.05) is 48.5 Å². The van der Waals surface area contributed by atoms with E-state index >= 15 is 0 Å². The van der Waals surface area contributed by atoms with Gasteiger partial charge in [0.05, 0.1) is 24.2 Å². The normalized spacial score (nSPS) is 17.5. The second kappa shape index (κ2) is 9.10. The van der Waals surface area contributed by atoms with Crippen LogP contribution >= 0.6 is 0 Å². The number of ether oxygens (including phenoxy) is 1. The maximum absolute atomic E-state index is 13.3. The Morgan fingerprint density at radius 1 is 0.844 bits per heavy atom. The summed E-state index contributed by atoms with van der Waals surface area (Å²) in [5.41, 5.74) is 3.76. The summed E-state index contributed by atoms with van der Waals surface area (Å²) < 4.78 is 5.43. The maximum atomic E-state index is 13.3. The zero-order valence-corrected chi connectivity index (χ0v) is 18.3. The number of morpholine rings is 1. The van der Waals surface area contributed by atoms with Gasteiger partial charge in [0.2, 0.25) is 0 Å². The third kappa shape index (κ3) is 4.37. The molecule has 1 aromatic heterocycles. The minimum absolute atomic E-state index is 0.240. The smallest absolute Gasteiger partial charge is 0.278 e. The van der Waals surface area contributed by atoms with Crippen molar-refractivity contribution in [2.24, 2.45) is 0 Å². The van der Waals surface area contributed by atoms with E-state index in [0.29, 0.717) is 11.5 Å². The molecule has 0 radical (unpaired) electrons. The molecule has 5 rings (SSSR count). The predicted octanol–water partition coefficient (Wildman–Crippen LogP) is 2.47. The number of fused-ring (bicyclic) bond motifs is 1. The summed E-state index contributed by atoms with van der Waals surface area (Å²) >= 11 is 0. The maximum Gasteiger partial charge on any atom is 0.278 e. The summed E-state index contributed by atoms with van der Waals surface area (Å²) in [7, 11) is 2.11. The van der Waals surface area contributed by atoms with E-state index in [9.17, 15) is 4.79 Å². The van der Waals surface area contributed by atoms with Crippen molar-refractivity contribution < 1.29 is 9.53 Å². The number of nitrogens with one attached hydrogen (secondary N) is 1. The number of nitrogens with zero attached hydrogens (tertiary/aromatic N) is 5. The van der Waals surface area contributed by atoms with Crippen molar-refractivity contribution in [3.05, 3.63) is 54.2 Å². The summed E-state index contributed by atoms with van der Waals surface area (Å²) in [6.45, 7) is 6.75.